The molecule has 0 saturated carbocycles. The Morgan fingerprint density at radius 1 is 1.17 bits per heavy atom. The molecule has 1 aromatic heterocycles. The molecular weight excluding hydrogens is 328 g/mol. The molecule has 2 aromatic rings. The van der Waals surface area contributed by atoms with Crippen molar-refractivity contribution in [3.8, 4) is 0 Å². The Kier molecular flexibility index (Phi) is 6.20. The normalized spacial score (nSPS) is 10.2. The molecule has 0 aliphatic rings. The second-order valence-electron chi connectivity index (χ2n) is 5.12. The van der Waals surface area contributed by atoms with Gasteiger partial charge in [-0.2, -0.15) is 0 Å². The van der Waals surface area contributed by atoms with Crippen LogP contribution in [0.2, 0.25) is 0 Å². The molecule has 24 heavy (non-hydrogen) atoms. The number of ether oxygens (including phenoxy) is 1. The number of anilines is 1. The molecule has 0 bridgehead atoms. The highest BCUT2D eigenvalue weighted by atomic mass is 32.1. The summed E-state index contributed by atoms with van der Waals surface area (Å²) in [6.07, 6.45) is 0.972. The lowest BCUT2D eigenvalue weighted by Crippen LogP contribution is -2.11. The number of aromatic nitrogens is 1. The predicted molar refractivity (Wildman–Crippen MR) is 91.4 cm³/mol. The van der Waals surface area contributed by atoms with Crippen molar-refractivity contribution in [1.29, 1.82) is 0 Å². The minimum Gasteiger partial charge on any atom is -0.465 e. The number of nitrogens with zero attached hydrogens (tertiary/aromatic N) is 1. The molecule has 0 aliphatic carbocycles. The van der Waals surface area contributed by atoms with Gasteiger partial charge >= 0.3 is 5.97 Å². The van der Waals surface area contributed by atoms with E-state index in [-0.39, 0.29) is 18.1 Å². The van der Waals surface area contributed by atoms with Crippen LogP contribution in [0, 0.1) is 6.92 Å². The van der Waals surface area contributed by atoms with E-state index in [2.05, 4.69) is 15.0 Å². The Balaban J connectivity index is 1.81. The van der Waals surface area contributed by atoms with E-state index in [4.69, 9.17) is 0 Å². The first-order valence-corrected chi connectivity index (χ1v) is 8.26. The van der Waals surface area contributed by atoms with Gasteiger partial charge in [-0.05, 0) is 13.3 Å². The van der Waals surface area contributed by atoms with E-state index >= 15 is 0 Å². The molecule has 0 unspecified atom stereocenters. The Morgan fingerprint density at radius 2 is 1.88 bits per heavy atom. The maximum absolute atomic E-state index is 11.9. The highest BCUT2D eigenvalue weighted by molar-refractivity contribution is 7.17. The van der Waals surface area contributed by atoms with Crippen LogP contribution >= 0.6 is 11.3 Å². The van der Waals surface area contributed by atoms with Crippen LogP contribution in [-0.2, 0) is 9.53 Å². The van der Waals surface area contributed by atoms with Gasteiger partial charge in [0.2, 0.25) is 5.91 Å². The van der Waals surface area contributed by atoms with Crippen molar-refractivity contribution >= 4 is 34.1 Å². The van der Waals surface area contributed by atoms with Crippen molar-refractivity contribution in [1.82, 2.24) is 4.98 Å². The summed E-state index contributed by atoms with van der Waals surface area (Å²) in [5.41, 5.74) is 1.16. The molecule has 126 valence electrons. The molecule has 0 atom stereocenters. The van der Waals surface area contributed by atoms with Crippen LogP contribution in [0.25, 0.3) is 0 Å². The zero-order valence-electron chi connectivity index (χ0n) is 13.5. The number of amides is 1. The zero-order valence-corrected chi connectivity index (χ0v) is 14.3. The first-order valence-electron chi connectivity index (χ1n) is 7.45. The van der Waals surface area contributed by atoms with Gasteiger partial charge in [0.05, 0.1) is 12.8 Å². The summed E-state index contributed by atoms with van der Waals surface area (Å²) in [5, 5.41) is 3.00. The lowest BCUT2D eigenvalue weighted by Gasteiger charge is -2.02. The summed E-state index contributed by atoms with van der Waals surface area (Å²) >= 11 is 1.07. The lowest BCUT2D eigenvalue weighted by molar-refractivity contribution is -0.116. The number of carbonyl (C=O) groups excluding carboxylic acids is 3. The van der Waals surface area contributed by atoms with Crippen LogP contribution in [0.5, 0.6) is 0 Å². The van der Waals surface area contributed by atoms with Gasteiger partial charge in [0.1, 0.15) is 4.88 Å². The molecule has 6 nitrogen and oxygen atoms in total. The summed E-state index contributed by atoms with van der Waals surface area (Å²) in [6, 6.07) is 8.99. The largest absolute Gasteiger partial charge is 0.465 e. The van der Waals surface area contributed by atoms with Gasteiger partial charge in [-0.25, -0.2) is 9.78 Å². The summed E-state index contributed by atoms with van der Waals surface area (Å²) in [5.74, 6) is -0.693. The minimum atomic E-state index is -0.473. The Hall–Kier alpha value is -2.54. The number of methoxy groups -OCH3 is 1. The molecular formula is C17H18N2O4S. The quantitative estimate of drug-likeness (QED) is 0.614. The first kappa shape index (κ1) is 17.8. The maximum Gasteiger partial charge on any atom is 0.350 e. The number of aryl methyl sites for hydroxylation is 1. The molecule has 0 spiro atoms. The van der Waals surface area contributed by atoms with Gasteiger partial charge in [0.25, 0.3) is 0 Å². The van der Waals surface area contributed by atoms with Crippen LogP contribution in [0.4, 0.5) is 5.13 Å². The summed E-state index contributed by atoms with van der Waals surface area (Å²) in [7, 11) is 1.30. The Labute approximate surface area is 143 Å². The van der Waals surface area contributed by atoms with Crippen molar-refractivity contribution in [2.75, 3.05) is 12.4 Å². The molecule has 7 heteroatoms. The Bertz CT molecular complexity index is 740. The average Bonchev–Trinajstić information content (AvgIpc) is 2.95. The van der Waals surface area contributed by atoms with Gasteiger partial charge in [-0.1, -0.05) is 41.7 Å². The van der Waals surface area contributed by atoms with E-state index < -0.39 is 5.97 Å². The number of ketones is 1. The van der Waals surface area contributed by atoms with Crippen LogP contribution < -0.4 is 5.32 Å². The lowest BCUT2D eigenvalue weighted by atomic mass is 10.1. The second-order valence-corrected chi connectivity index (χ2v) is 6.12. The molecule has 0 aliphatic heterocycles. The van der Waals surface area contributed by atoms with E-state index in [1.54, 1.807) is 19.1 Å². The summed E-state index contributed by atoms with van der Waals surface area (Å²) < 4.78 is 4.65. The fourth-order valence-electron chi connectivity index (χ4n) is 2.09. The standard InChI is InChI=1S/C17H18N2O4S/c1-11-15(16(22)23-2)24-17(18-11)19-14(21)10-6-9-13(20)12-7-4-3-5-8-12/h3-5,7-8H,6,9-10H2,1-2H3,(H,18,19,21). The summed E-state index contributed by atoms with van der Waals surface area (Å²) in [6.45, 7) is 1.68. The number of carbonyl (C=O) groups is 3. The van der Waals surface area contributed by atoms with Crippen molar-refractivity contribution in [3.63, 3.8) is 0 Å². The van der Waals surface area contributed by atoms with Crippen molar-refractivity contribution in [2.24, 2.45) is 0 Å². The fourth-order valence-corrected chi connectivity index (χ4v) is 2.99. The van der Waals surface area contributed by atoms with Crippen molar-refractivity contribution < 1.29 is 19.1 Å². The third-order valence-electron chi connectivity index (χ3n) is 3.32. The number of hydrogen-bond acceptors (Lipinski definition) is 6. The number of hydrogen-bond donors (Lipinski definition) is 1. The van der Waals surface area contributed by atoms with E-state index in [9.17, 15) is 14.4 Å². The van der Waals surface area contributed by atoms with E-state index in [0.29, 0.717) is 34.1 Å². The zero-order chi connectivity index (χ0) is 17.5. The van der Waals surface area contributed by atoms with Crippen molar-refractivity contribution in [2.45, 2.75) is 26.2 Å². The van der Waals surface area contributed by atoms with E-state index in [0.717, 1.165) is 11.3 Å². The number of Topliss-reactive ketones (excluding diaryl/α,β-unsaturated/α-hetero) is 1. The van der Waals surface area contributed by atoms with Gasteiger partial charge in [-0.15, -0.1) is 0 Å². The predicted octanol–water partition coefficient (Wildman–Crippen LogP) is 3.23. The fraction of sp³-hybridized carbons (Fsp3) is 0.294. The number of esters is 1. The minimum absolute atomic E-state index is 0.0153. The van der Waals surface area contributed by atoms with Gasteiger partial charge in [-0.3, -0.25) is 9.59 Å². The number of rotatable bonds is 7. The smallest absolute Gasteiger partial charge is 0.350 e. The number of thiazole rings is 1. The Morgan fingerprint density at radius 3 is 2.54 bits per heavy atom. The molecule has 0 fully saturated rings. The molecule has 0 saturated heterocycles. The third kappa shape index (κ3) is 4.73. The van der Waals surface area contributed by atoms with Gasteiger partial charge < -0.3 is 10.1 Å². The topological polar surface area (TPSA) is 85.4 Å². The van der Waals surface area contributed by atoms with Crippen LogP contribution in [0.1, 0.15) is 45.0 Å². The number of benzene rings is 1. The molecule has 1 amide bonds. The molecule has 1 aromatic carbocycles. The van der Waals surface area contributed by atoms with Crippen molar-refractivity contribution in [3.05, 3.63) is 46.5 Å². The molecule has 0 radical (unpaired) electrons. The maximum atomic E-state index is 11.9. The van der Waals surface area contributed by atoms with Gasteiger partial charge in [0.15, 0.2) is 10.9 Å². The van der Waals surface area contributed by atoms with Crippen LogP contribution in [0.15, 0.2) is 30.3 Å². The van der Waals surface area contributed by atoms with Crippen LogP contribution in [0.3, 0.4) is 0 Å². The average molecular weight is 346 g/mol. The van der Waals surface area contributed by atoms with Gasteiger partial charge in [0, 0.05) is 18.4 Å². The highest BCUT2D eigenvalue weighted by Crippen LogP contribution is 2.23. The molecule has 2 rings (SSSR count). The highest BCUT2D eigenvalue weighted by Gasteiger charge is 2.17. The van der Waals surface area contributed by atoms with E-state index in [1.807, 2.05) is 18.2 Å². The third-order valence-corrected chi connectivity index (χ3v) is 4.37. The number of nitrogens with one attached hydrogen (secondary N) is 1. The first-order chi connectivity index (χ1) is 11.5. The summed E-state index contributed by atoms with van der Waals surface area (Å²) in [4.78, 5) is 39.9. The molecule has 1 heterocycles. The SMILES string of the molecule is COC(=O)c1sc(NC(=O)CCCC(=O)c2ccccc2)nc1C. The van der Waals surface area contributed by atoms with E-state index in [1.165, 1.54) is 7.11 Å². The molecule has 1 N–H and O–H groups in total. The van der Waals surface area contributed by atoms with Crippen LogP contribution in [-0.4, -0.2) is 29.8 Å². The monoisotopic (exact) mass is 346 g/mol. The second kappa shape index (κ2) is 8.35.